The molecule has 2 unspecified atom stereocenters. The van der Waals surface area contributed by atoms with Gasteiger partial charge in [-0.25, -0.2) is 4.79 Å². The van der Waals surface area contributed by atoms with Crippen molar-refractivity contribution in [1.29, 1.82) is 0 Å². The predicted molar refractivity (Wildman–Crippen MR) is 81.6 cm³/mol. The number of para-hydroxylation sites is 1. The van der Waals surface area contributed by atoms with Gasteiger partial charge in [-0.1, -0.05) is 39.0 Å². The first-order valence-corrected chi connectivity index (χ1v) is 7.31. The molecule has 2 rings (SSSR count). The highest BCUT2D eigenvalue weighted by atomic mass is 16.5. The molecule has 0 spiro atoms. The Kier molecular flexibility index (Phi) is 4.07. The molecule has 0 aromatic heterocycles. The normalized spacial score (nSPS) is 28.7. The lowest BCUT2D eigenvalue weighted by molar-refractivity contribution is -0.150. The number of anilines is 1. The SMILES string of the molecule is COC(=O)C1(Nc2ccccc2)CCC(C)(C)CC1C. The van der Waals surface area contributed by atoms with Gasteiger partial charge >= 0.3 is 5.97 Å². The molecule has 3 nitrogen and oxygen atoms in total. The fraction of sp³-hybridized carbons (Fsp3) is 0.588. The van der Waals surface area contributed by atoms with E-state index in [4.69, 9.17) is 4.74 Å². The minimum atomic E-state index is -0.606. The Balaban J connectivity index is 2.30. The summed E-state index contributed by atoms with van der Waals surface area (Å²) in [6.45, 7) is 6.69. The van der Waals surface area contributed by atoms with E-state index in [0.29, 0.717) is 0 Å². The highest BCUT2D eigenvalue weighted by Gasteiger charge is 2.50. The molecule has 1 fully saturated rings. The minimum absolute atomic E-state index is 0.149. The molecule has 0 heterocycles. The van der Waals surface area contributed by atoms with Crippen LogP contribution in [0.15, 0.2) is 30.3 Å². The first kappa shape index (κ1) is 14.9. The number of carbonyl (C=O) groups excluding carboxylic acids is 1. The maximum atomic E-state index is 12.4. The van der Waals surface area contributed by atoms with Crippen molar-refractivity contribution in [2.24, 2.45) is 11.3 Å². The van der Waals surface area contributed by atoms with Crippen LogP contribution in [0.3, 0.4) is 0 Å². The lowest BCUT2D eigenvalue weighted by atomic mass is 9.63. The number of nitrogens with one attached hydrogen (secondary N) is 1. The third-order valence-electron chi connectivity index (χ3n) is 4.59. The number of rotatable bonds is 3. The largest absolute Gasteiger partial charge is 0.467 e. The van der Waals surface area contributed by atoms with E-state index in [1.54, 1.807) is 0 Å². The van der Waals surface area contributed by atoms with Crippen molar-refractivity contribution in [2.75, 3.05) is 12.4 Å². The molecule has 1 aliphatic rings. The molecule has 3 heteroatoms. The Morgan fingerprint density at radius 1 is 1.25 bits per heavy atom. The Morgan fingerprint density at radius 2 is 1.90 bits per heavy atom. The average Bonchev–Trinajstić information content (AvgIpc) is 2.42. The lowest BCUT2D eigenvalue weighted by Gasteiger charge is -2.47. The molecule has 0 aliphatic heterocycles. The van der Waals surface area contributed by atoms with E-state index in [1.807, 2.05) is 30.3 Å². The highest BCUT2D eigenvalue weighted by molar-refractivity contribution is 5.85. The van der Waals surface area contributed by atoms with Crippen LogP contribution in [0.1, 0.15) is 40.0 Å². The van der Waals surface area contributed by atoms with Crippen molar-refractivity contribution in [3.8, 4) is 0 Å². The number of carbonyl (C=O) groups is 1. The van der Waals surface area contributed by atoms with E-state index in [1.165, 1.54) is 7.11 Å². The van der Waals surface area contributed by atoms with Gasteiger partial charge in [0.1, 0.15) is 5.54 Å². The van der Waals surface area contributed by atoms with Crippen LogP contribution in [0, 0.1) is 11.3 Å². The lowest BCUT2D eigenvalue weighted by Crippen LogP contribution is -2.56. The molecule has 0 saturated heterocycles. The summed E-state index contributed by atoms with van der Waals surface area (Å²) in [5.41, 5.74) is 0.658. The van der Waals surface area contributed by atoms with Crippen molar-refractivity contribution in [1.82, 2.24) is 0 Å². The Labute approximate surface area is 121 Å². The second-order valence-electron chi connectivity index (χ2n) is 6.72. The van der Waals surface area contributed by atoms with Crippen LogP contribution in [0.5, 0.6) is 0 Å². The number of hydrogen-bond donors (Lipinski definition) is 1. The summed E-state index contributed by atoms with van der Waals surface area (Å²) in [7, 11) is 1.48. The van der Waals surface area contributed by atoms with E-state index in [0.717, 1.165) is 24.9 Å². The zero-order valence-electron chi connectivity index (χ0n) is 12.9. The molecular weight excluding hydrogens is 250 g/mol. The maximum Gasteiger partial charge on any atom is 0.331 e. The summed E-state index contributed by atoms with van der Waals surface area (Å²) >= 11 is 0. The van der Waals surface area contributed by atoms with Crippen LogP contribution in [-0.4, -0.2) is 18.6 Å². The van der Waals surface area contributed by atoms with Crippen molar-refractivity contribution < 1.29 is 9.53 Å². The van der Waals surface area contributed by atoms with E-state index >= 15 is 0 Å². The van der Waals surface area contributed by atoms with Crippen LogP contribution in [0.4, 0.5) is 5.69 Å². The molecule has 1 saturated carbocycles. The third-order valence-corrected chi connectivity index (χ3v) is 4.59. The average molecular weight is 275 g/mol. The quantitative estimate of drug-likeness (QED) is 0.851. The van der Waals surface area contributed by atoms with Crippen molar-refractivity contribution in [2.45, 2.75) is 45.6 Å². The Bertz CT molecular complexity index is 469. The highest BCUT2D eigenvalue weighted by Crippen LogP contribution is 2.45. The number of ether oxygens (including phenoxy) is 1. The first-order chi connectivity index (χ1) is 9.39. The second-order valence-corrected chi connectivity index (χ2v) is 6.72. The molecule has 0 bridgehead atoms. The summed E-state index contributed by atoms with van der Waals surface area (Å²) in [5.74, 6) is 0.0864. The molecule has 1 N–H and O–H groups in total. The fourth-order valence-corrected chi connectivity index (χ4v) is 3.39. The topological polar surface area (TPSA) is 38.3 Å². The van der Waals surface area contributed by atoms with Crippen molar-refractivity contribution in [3.05, 3.63) is 30.3 Å². The summed E-state index contributed by atoms with van der Waals surface area (Å²) in [6, 6.07) is 9.92. The van der Waals surface area contributed by atoms with E-state index in [2.05, 4.69) is 26.1 Å². The molecule has 0 amide bonds. The van der Waals surface area contributed by atoms with Crippen molar-refractivity contribution in [3.63, 3.8) is 0 Å². The zero-order valence-corrected chi connectivity index (χ0v) is 12.9. The molecule has 1 aromatic rings. The maximum absolute atomic E-state index is 12.4. The number of methoxy groups -OCH3 is 1. The smallest absolute Gasteiger partial charge is 0.331 e. The standard InChI is InChI=1S/C17H25NO2/c1-13-12-16(2,3)10-11-17(13,15(19)20-4)18-14-8-6-5-7-9-14/h5-9,13,18H,10-12H2,1-4H3. The van der Waals surface area contributed by atoms with Crippen LogP contribution in [0.2, 0.25) is 0 Å². The van der Waals surface area contributed by atoms with Crippen LogP contribution >= 0.6 is 0 Å². The molecular formula is C17H25NO2. The summed E-state index contributed by atoms with van der Waals surface area (Å²) in [6.07, 6.45) is 2.84. The second kappa shape index (κ2) is 5.47. The molecule has 20 heavy (non-hydrogen) atoms. The van der Waals surface area contributed by atoms with Gasteiger partial charge in [0.2, 0.25) is 0 Å². The Hall–Kier alpha value is -1.51. The fourth-order valence-electron chi connectivity index (χ4n) is 3.39. The number of esters is 1. The van der Waals surface area contributed by atoms with E-state index < -0.39 is 5.54 Å². The Morgan fingerprint density at radius 3 is 2.45 bits per heavy atom. The van der Waals surface area contributed by atoms with E-state index in [9.17, 15) is 4.79 Å². The summed E-state index contributed by atoms with van der Waals surface area (Å²) in [4.78, 5) is 12.4. The van der Waals surface area contributed by atoms with Gasteiger partial charge in [-0.3, -0.25) is 0 Å². The van der Waals surface area contributed by atoms with Gasteiger partial charge in [-0.05, 0) is 42.7 Å². The third kappa shape index (κ3) is 2.82. The van der Waals surface area contributed by atoms with Crippen LogP contribution < -0.4 is 5.32 Å². The van der Waals surface area contributed by atoms with Crippen LogP contribution in [0.25, 0.3) is 0 Å². The van der Waals surface area contributed by atoms with Gasteiger partial charge in [0.05, 0.1) is 7.11 Å². The summed E-state index contributed by atoms with van der Waals surface area (Å²) < 4.78 is 5.10. The molecule has 2 atom stereocenters. The van der Waals surface area contributed by atoms with Gasteiger partial charge in [0, 0.05) is 5.69 Å². The number of hydrogen-bond acceptors (Lipinski definition) is 3. The van der Waals surface area contributed by atoms with Gasteiger partial charge in [-0.2, -0.15) is 0 Å². The molecule has 1 aromatic carbocycles. The molecule has 0 radical (unpaired) electrons. The predicted octanol–water partition coefficient (Wildman–Crippen LogP) is 3.86. The van der Waals surface area contributed by atoms with Gasteiger partial charge in [-0.15, -0.1) is 0 Å². The van der Waals surface area contributed by atoms with Gasteiger partial charge < -0.3 is 10.1 Å². The number of benzene rings is 1. The molecule has 110 valence electrons. The molecule has 1 aliphatic carbocycles. The van der Waals surface area contributed by atoms with Gasteiger partial charge in [0.15, 0.2) is 0 Å². The first-order valence-electron chi connectivity index (χ1n) is 7.31. The minimum Gasteiger partial charge on any atom is -0.467 e. The zero-order chi connectivity index (χ0) is 14.8. The van der Waals surface area contributed by atoms with Crippen LogP contribution in [-0.2, 0) is 9.53 Å². The van der Waals surface area contributed by atoms with E-state index in [-0.39, 0.29) is 17.3 Å². The van der Waals surface area contributed by atoms with Gasteiger partial charge in [0.25, 0.3) is 0 Å². The van der Waals surface area contributed by atoms with Crippen molar-refractivity contribution >= 4 is 11.7 Å². The summed E-state index contributed by atoms with van der Waals surface area (Å²) in [5, 5.41) is 3.46. The monoisotopic (exact) mass is 275 g/mol.